The van der Waals surface area contributed by atoms with Gasteiger partial charge in [-0.2, -0.15) is 0 Å². The predicted octanol–water partition coefficient (Wildman–Crippen LogP) is 3.97. The summed E-state index contributed by atoms with van der Waals surface area (Å²) in [6.45, 7) is 6.24. The lowest BCUT2D eigenvalue weighted by Gasteiger charge is -2.52. The maximum Gasteiger partial charge on any atom is 0.122 e. The number of aliphatic hydroxyl groups is 1. The van der Waals surface area contributed by atoms with E-state index in [-0.39, 0.29) is 17.6 Å². The highest BCUT2D eigenvalue weighted by Crippen LogP contribution is 2.49. The lowest BCUT2D eigenvalue weighted by atomic mass is 9.60. The van der Waals surface area contributed by atoms with Crippen LogP contribution in [-0.4, -0.2) is 17.3 Å². The highest BCUT2D eigenvalue weighted by Gasteiger charge is 2.53. The molecule has 2 nitrogen and oxygen atoms in total. The van der Waals surface area contributed by atoms with Crippen molar-refractivity contribution in [3.8, 4) is 5.75 Å². The van der Waals surface area contributed by atoms with Gasteiger partial charge < -0.3 is 9.84 Å². The van der Waals surface area contributed by atoms with Crippen molar-refractivity contribution in [1.82, 2.24) is 0 Å². The topological polar surface area (TPSA) is 29.5 Å². The van der Waals surface area contributed by atoms with Gasteiger partial charge in [-0.25, -0.2) is 0 Å². The molecule has 2 atom stereocenters. The Morgan fingerprint density at radius 2 is 2.06 bits per heavy atom. The molecular formula is C15H21ClO2. The SMILES string of the molecule is CCC1(CC)C(O)CC1Oc1ccc(Cl)cc1C. The van der Waals surface area contributed by atoms with Gasteiger partial charge in [0.15, 0.2) is 0 Å². The molecule has 0 heterocycles. The smallest absolute Gasteiger partial charge is 0.122 e. The van der Waals surface area contributed by atoms with Crippen molar-refractivity contribution >= 4 is 11.6 Å². The summed E-state index contributed by atoms with van der Waals surface area (Å²) in [6, 6.07) is 5.67. The Bertz CT molecular complexity index is 427. The molecular weight excluding hydrogens is 248 g/mol. The van der Waals surface area contributed by atoms with Crippen LogP contribution >= 0.6 is 11.6 Å². The van der Waals surface area contributed by atoms with Gasteiger partial charge in [-0.3, -0.25) is 0 Å². The van der Waals surface area contributed by atoms with Crippen LogP contribution in [-0.2, 0) is 0 Å². The largest absolute Gasteiger partial charge is 0.489 e. The van der Waals surface area contributed by atoms with Crippen molar-refractivity contribution in [3.63, 3.8) is 0 Å². The van der Waals surface area contributed by atoms with E-state index in [2.05, 4.69) is 13.8 Å². The summed E-state index contributed by atoms with van der Waals surface area (Å²) in [6.07, 6.45) is 2.50. The Morgan fingerprint density at radius 1 is 1.39 bits per heavy atom. The fraction of sp³-hybridized carbons (Fsp3) is 0.600. The van der Waals surface area contributed by atoms with E-state index >= 15 is 0 Å². The lowest BCUT2D eigenvalue weighted by molar-refractivity contribution is -0.159. The highest BCUT2D eigenvalue weighted by atomic mass is 35.5. The molecule has 1 fully saturated rings. The molecule has 0 spiro atoms. The van der Waals surface area contributed by atoms with Gasteiger partial charge in [0.05, 0.1) is 6.10 Å². The Kier molecular flexibility index (Phi) is 3.88. The molecule has 0 saturated heterocycles. The average molecular weight is 269 g/mol. The maximum absolute atomic E-state index is 10.0. The molecule has 2 rings (SSSR count). The van der Waals surface area contributed by atoms with Crippen molar-refractivity contribution in [2.24, 2.45) is 5.41 Å². The molecule has 100 valence electrons. The zero-order chi connectivity index (χ0) is 13.3. The lowest BCUT2D eigenvalue weighted by Crippen LogP contribution is -2.59. The summed E-state index contributed by atoms with van der Waals surface area (Å²) in [5.41, 5.74) is 0.969. The molecule has 0 aliphatic heterocycles. The molecule has 1 aromatic carbocycles. The first-order valence-corrected chi connectivity index (χ1v) is 7.02. The van der Waals surface area contributed by atoms with E-state index in [0.29, 0.717) is 0 Å². The van der Waals surface area contributed by atoms with Gasteiger partial charge >= 0.3 is 0 Å². The average Bonchev–Trinajstić information content (AvgIpc) is 2.33. The van der Waals surface area contributed by atoms with Crippen LogP contribution in [0.25, 0.3) is 0 Å². The molecule has 3 heteroatoms. The van der Waals surface area contributed by atoms with Crippen LogP contribution in [0.1, 0.15) is 38.7 Å². The number of halogens is 1. The monoisotopic (exact) mass is 268 g/mol. The standard InChI is InChI=1S/C15H21ClO2/c1-4-15(5-2)13(17)9-14(15)18-12-7-6-11(16)8-10(12)3/h6-8,13-14,17H,4-5,9H2,1-3H3. The van der Waals surface area contributed by atoms with E-state index in [9.17, 15) is 5.11 Å². The Labute approximate surface area is 114 Å². The van der Waals surface area contributed by atoms with Crippen molar-refractivity contribution in [2.45, 2.75) is 52.2 Å². The minimum absolute atomic E-state index is 0.0773. The molecule has 1 aliphatic rings. The first kappa shape index (κ1) is 13.7. The molecule has 0 radical (unpaired) electrons. The van der Waals surface area contributed by atoms with Crippen LogP contribution in [0.2, 0.25) is 5.02 Å². The predicted molar refractivity (Wildman–Crippen MR) is 74.2 cm³/mol. The summed E-state index contributed by atoms with van der Waals surface area (Å²) < 4.78 is 6.09. The number of hydrogen-bond donors (Lipinski definition) is 1. The number of hydrogen-bond acceptors (Lipinski definition) is 2. The molecule has 1 aliphatic carbocycles. The molecule has 1 saturated carbocycles. The van der Waals surface area contributed by atoms with Crippen LogP contribution in [0.4, 0.5) is 0 Å². The molecule has 0 amide bonds. The zero-order valence-electron chi connectivity index (χ0n) is 11.2. The summed E-state index contributed by atoms with van der Waals surface area (Å²) in [5.74, 6) is 0.877. The van der Waals surface area contributed by atoms with Crippen molar-refractivity contribution in [1.29, 1.82) is 0 Å². The van der Waals surface area contributed by atoms with E-state index in [4.69, 9.17) is 16.3 Å². The summed E-state index contributed by atoms with van der Waals surface area (Å²) in [4.78, 5) is 0. The molecule has 18 heavy (non-hydrogen) atoms. The van der Waals surface area contributed by atoms with Gasteiger partial charge in [0.2, 0.25) is 0 Å². The number of benzene rings is 1. The van der Waals surface area contributed by atoms with Gasteiger partial charge in [0.1, 0.15) is 11.9 Å². The van der Waals surface area contributed by atoms with Gasteiger partial charge in [0, 0.05) is 16.9 Å². The van der Waals surface area contributed by atoms with Crippen molar-refractivity contribution in [3.05, 3.63) is 28.8 Å². The van der Waals surface area contributed by atoms with Gasteiger partial charge in [0.25, 0.3) is 0 Å². The van der Waals surface area contributed by atoms with Crippen LogP contribution in [0.15, 0.2) is 18.2 Å². The second kappa shape index (κ2) is 5.10. The van der Waals surface area contributed by atoms with E-state index in [1.807, 2.05) is 25.1 Å². The minimum Gasteiger partial charge on any atom is -0.489 e. The second-order valence-corrected chi connectivity index (χ2v) is 5.64. The van der Waals surface area contributed by atoms with Crippen LogP contribution < -0.4 is 4.74 Å². The van der Waals surface area contributed by atoms with Gasteiger partial charge in [-0.15, -0.1) is 0 Å². The first-order valence-electron chi connectivity index (χ1n) is 6.64. The Morgan fingerprint density at radius 3 is 2.56 bits per heavy atom. The Hall–Kier alpha value is -0.730. The van der Waals surface area contributed by atoms with Gasteiger partial charge in [-0.05, 0) is 43.5 Å². The van der Waals surface area contributed by atoms with Crippen molar-refractivity contribution < 1.29 is 9.84 Å². The third-order valence-corrected chi connectivity index (χ3v) is 4.70. The molecule has 2 unspecified atom stereocenters. The number of rotatable bonds is 4. The fourth-order valence-electron chi connectivity index (χ4n) is 2.97. The van der Waals surface area contributed by atoms with E-state index in [1.54, 1.807) is 0 Å². The third-order valence-electron chi connectivity index (χ3n) is 4.46. The van der Waals surface area contributed by atoms with E-state index in [1.165, 1.54) is 0 Å². The number of ether oxygens (including phenoxy) is 1. The summed E-state index contributed by atoms with van der Waals surface area (Å²) in [5, 5.41) is 10.7. The quantitative estimate of drug-likeness (QED) is 0.895. The number of aryl methyl sites for hydroxylation is 1. The molecule has 0 aromatic heterocycles. The number of aliphatic hydroxyl groups excluding tert-OH is 1. The minimum atomic E-state index is -0.231. The van der Waals surface area contributed by atoms with Crippen LogP contribution in [0.5, 0.6) is 5.75 Å². The van der Waals surface area contributed by atoms with Crippen molar-refractivity contribution in [2.75, 3.05) is 0 Å². The third kappa shape index (κ3) is 2.12. The first-order chi connectivity index (χ1) is 8.53. The molecule has 1 N–H and O–H groups in total. The van der Waals surface area contributed by atoms with Gasteiger partial charge in [-0.1, -0.05) is 25.4 Å². The molecule has 1 aromatic rings. The maximum atomic E-state index is 10.0. The second-order valence-electron chi connectivity index (χ2n) is 5.21. The zero-order valence-corrected chi connectivity index (χ0v) is 12.0. The fourth-order valence-corrected chi connectivity index (χ4v) is 3.19. The van der Waals surface area contributed by atoms with Crippen LogP contribution in [0, 0.1) is 12.3 Å². The normalized spacial score (nSPS) is 25.6. The van der Waals surface area contributed by atoms with Crippen LogP contribution in [0.3, 0.4) is 0 Å². The highest BCUT2D eigenvalue weighted by molar-refractivity contribution is 6.30. The summed E-state index contributed by atoms with van der Waals surface area (Å²) in [7, 11) is 0. The van der Waals surface area contributed by atoms with E-state index < -0.39 is 0 Å². The Balaban J connectivity index is 2.15. The molecule has 0 bridgehead atoms. The van der Waals surface area contributed by atoms with E-state index in [0.717, 1.165) is 35.6 Å². The summed E-state index contributed by atoms with van der Waals surface area (Å²) >= 11 is 5.94.